The summed E-state index contributed by atoms with van der Waals surface area (Å²) in [5.74, 6) is -0.905. The molecule has 1 fully saturated rings. The van der Waals surface area contributed by atoms with Crippen LogP contribution in [0.2, 0.25) is 0 Å². The Kier molecular flexibility index (Phi) is 5.78. The summed E-state index contributed by atoms with van der Waals surface area (Å²) in [6.45, 7) is 2.29. The molecule has 1 aliphatic rings. The molecule has 0 aliphatic carbocycles. The summed E-state index contributed by atoms with van der Waals surface area (Å²) in [7, 11) is 1.82. The molecule has 2 atom stereocenters. The standard InChI is InChI=1S/C26H25FN6O2/c1-17-7-5-10-22(31-17)35-21-9-4-3-8-18(21)23-19-15-20(32(2)25(19)30-16-29-23)24-26(27,28)11-13-33(24)12-6-14-34/h3-10,12,14-16,24H,11,13,28H2,1-2H3. The van der Waals surface area contributed by atoms with E-state index < -0.39 is 11.8 Å². The van der Waals surface area contributed by atoms with Gasteiger partial charge in [-0.3, -0.25) is 10.5 Å². The molecular weight excluding hydrogens is 447 g/mol. The van der Waals surface area contributed by atoms with Gasteiger partial charge in [-0.1, -0.05) is 18.2 Å². The Labute approximate surface area is 201 Å². The van der Waals surface area contributed by atoms with Crippen LogP contribution in [0.25, 0.3) is 22.3 Å². The Morgan fingerprint density at radius 3 is 2.83 bits per heavy atom. The molecule has 8 nitrogen and oxygen atoms in total. The zero-order valence-corrected chi connectivity index (χ0v) is 19.4. The number of nitrogens with two attached hydrogens (primary N) is 1. The predicted octanol–water partition coefficient (Wildman–Crippen LogP) is 4.21. The first-order chi connectivity index (χ1) is 16.9. The van der Waals surface area contributed by atoms with Gasteiger partial charge < -0.3 is 14.2 Å². The lowest BCUT2D eigenvalue weighted by molar-refractivity contribution is -0.104. The number of aromatic nitrogens is 4. The lowest BCUT2D eigenvalue weighted by atomic mass is 10.0. The van der Waals surface area contributed by atoms with E-state index in [0.29, 0.717) is 41.5 Å². The van der Waals surface area contributed by atoms with Gasteiger partial charge in [-0.25, -0.2) is 19.3 Å². The Morgan fingerprint density at radius 1 is 1.20 bits per heavy atom. The average Bonchev–Trinajstić information content (AvgIpc) is 3.33. The van der Waals surface area contributed by atoms with Crippen LogP contribution in [0, 0.1) is 6.92 Å². The lowest BCUT2D eigenvalue weighted by Crippen LogP contribution is -2.41. The van der Waals surface area contributed by atoms with Gasteiger partial charge in [0.05, 0.1) is 5.69 Å². The van der Waals surface area contributed by atoms with E-state index in [2.05, 4.69) is 15.0 Å². The molecule has 0 amide bonds. The molecule has 0 spiro atoms. The quantitative estimate of drug-likeness (QED) is 0.255. The van der Waals surface area contributed by atoms with Crippen LogP contribution in [0.5, 0.6) is 11.6 Å². The third kappa shape index (κ3) is 4.15. The summed E-state index contributed by atoms with van der Waals surface area (Å²) >= 11 is 0. The minimum absolute atomic E-state index is 0.140. The van der Waals surface area contributed by atoms with Crippen molar-refractivity contribution in [2.45, 2.75) is 25.2 Å². The fourth-order valence-corrected chi connectivity index (χ4v) is 4.63. The van der Waals surface area contributed by atoms with Crippen molar-refractivity contribution >= 4 is 17.3 Å². The van der Waals surface area contributed by atoms with Gasteiger partial charge in [0.1, 0.15) is 30.1 Å². The normalized spacial score (nSPS) is 20.1. The molecule has 3 aromatic heterocycles. The summed E-state index contributed by atoms with van der Waals surface area (Å²) in [6.07, 6.45) is 5.20. The van der Waals surface area contributed by atoms with Gasteiger partial charge in [0.2, 0.25) is 5.88 Å². The fraction of sp³-hybridized carbons (Fsp3) is 0.231. The topological polar surface area (TPSA) is 99.2 Å². The van der Waals surface area contributed by atoms with Crippen LogP contribution >= 0.6 is 0 Å². The van der Waals surface area contributed by atoms with Gasteiger partial charge >= 0.3 is 0 Å². The predicted molar refractivity (Wildman–Crippen MR) is 130 cm³/mol. The molecule has 1 aromatic carbocycles. The maximum absolute atomic E-state index is 15.4. The Hall–Kier alpha value is -4.11. The van der Waals surface area contributed by atoms with Gasteiger partial charge in [0.25, 0.3) is 0 Å². The first-order valence-corrected chi connectivity index (χ1v) is 11.3. The van der Waals surface area contributed by atoms with E-state index in [1.54, 1.807) is 17.2 Å². The minimum atomic E-state index is -1.97. The van der Waals surface area contributed by atoms with Gasteiger partial charge in [-0.2, -0.15) is 0 Å². The fourth-order valence-electron chi connectivity index (χ4n) is 4.63. The number of hydrogen-bond acceptors (Lipinski definition) is 7. The van der Waals surface area contributed by atoms with Crippen molar-refractivity contribution in [3.63, 3.8) is 0 Å². The number of benzene rings is 1. The van der Waals surface area contributed by atoms with E-state index in [1.807, 2.05) is 61.0 Å². The van der Waals surface area contributed by atoms with Crippen LogP contribution in [-0.2, 0) is 11.8 Å². The van der Waals surface area contributed by atoms with Crippen molar-refractivity contribution in [2.75, 3.05) is 6.54 Å². The van der Waals surface area contributed by atoms with E-state index in [9.17, 15) is 4.79 Å². The SMILES string of the molecule is Cc1cccc(Oc2ccccc2-c2ncnc3c2cc(C2N(C=CC=O)CCC2(N)F)n3C)n1. The number of rotatable bonds is 6. The molecule has 5 rings (SSSR count). The number of para-hydroxylation sites is 1. The van der Waals surface area contributed by atoms with Crippen LogP contribution in [0.3, 0.4) is 0 Å². The number of carbonyl (C=O) groups is 1. The molecule has 2 unspecified atom stereocenters. The second-order valence-electron chi connectivity index (χ2n) is 8.60. The highest BCUT2D eigenvalue weighted by atomic mass is 19.1. The molecule has 4 aromatic rings. The number of aryl methyl sites for hydroxylation is 2. The number of halogens is 1. The van der Waals surface area contributed by atoms with Gasteiger partial charge in [0.15, 0.2) is 5.79 Å². The Bertz CT molecular complexity index is 1430. The molecule has 9 heteroatoms. The zero-order valence-electron chi connectivity index (χ0n) is 19.4. The number of pyridine rings is 1. The largest absolute Gasteiger partial charge is 0.438 e. The number of hydrogen-bond donors (Lipinski definition) is 1. The smallest absolute Gasteiger partial charge is 0.219 e. The van der Waals surface area contributed by atoms with Crippen LogP contribution in [0.1, 0.15) is 23.9 Å². The van der Waals surface area contributed by atoms with Crippen molar-refractivity contribution in [1.29, 1.82) is 0 Å². The number of aldehydes is 1. The molecule has 4 heterocycles. The third-order valence-corrected chi connectivity index (χ3v) is 6.26. The molecule has 0 saturated carbocycles. The molecule has 2 N–H and O–H groups in total. The molecule has 1 saturated heterocycles. The summed E-state index contributed by atoms with van der Waals surface area (Å²) in [5.41, 5.74) is 9.59. The summed E-state index contributed by atoms with van der Waals surface area (Å²) in [6, 6.07) is 14.2. The number of allylic oxidation sites excluding steroid dienone is 1. The summed E-state index contributed by atoms with van der Waals surface area (Å²) in [5, 5.41) is 0.736. The van der Waals surface area contributed by atoms with Gasteiger partial charge in [-0.05, 0) is 37.3 Å². The second-order valence-corrected chi connectivity index (χ2v) is 8.60. The van der Waals surface area contributed by atoms with Crippen LogP contribution in [0.15, 0.2) is 67.1 Å². The molecule has 35 heavy (non-hydrogen) atoms. The van der Waals surface area contributed by atoms with Crippen molar-refractivity contribution < 1.29 is 13.9 Å². The van der Waals surface area contributed by atoms with Crippen molar-refractivity contribution in [2.24, 2.45) is 12.8 Å². The average molecular weight is 473 g/mol. The first kappa shape index (κ1) is 22.7. The number of nitrogens with zero attached hydrogens (tertiary/aromatic N) is 5. The molecule has 0 bridgehead atoms. The van der Waals surface area contributed by atoms with Crippen molar-refractivity contribution in [3.8, 4) is 22.9 Å². The van der Waals surface area contributed by atoms with E-state index in [1.165, 1.54) is 12.4 Å². The van der Waals surface area contributed by atoms with Gasteiger partial charge in [-0.15, -0.1) is 0 Å². The van der Waals surface area contributed by atoms with Crippen LogP contribution < -0.4 is 10.5 Å². The zero-order chi connectivity index (χ0) is 24.6. The summed E-state index contributed by atoms with van der Waals surface area (Å²) in [4.78, 5) is 26.1. The van der Waals surface area contributed by atoms with Gasteiger partial charge in [0, 0.05) is 54.6 Å². The highest BCUT2D eigenvalue weighted by Gasteiger charge is 2.46. The molecule has 0 radical (unpaired) electrons. The number of alkyl halides is 1. The van der Waals surface area contributed by atoms with Crippen LogP contribution in [0.4, 0.5) is 4.39 Å². The number of carbonyl (C=O) groups excluding carboxylic acids is 1. The highest BCUT2D eigenvalue weighted by molar-refractivity contribution is 5.93. The number of likely N-dealkylation sites (tertiary alicyclic amines) is 1. The van der Waals surface area contributed by atoms with Crippen molar-refractivity contribution in [1.82, 2.24) is 24.4 Å². The van der Waals surface area contributed by atoms with E-state index in [0.717, 1.165) is 16.6 Å². The maximum atomic E-state index is 15.4. The molecule has 178 valence electrons. The third-order valence-electron chi connectivity index (χ3n) is 6.26. The van der Waals surface area contributed by atoms with Crippen molar-refractivity contribution in [3.05, 3.63) is 78.5 Å². The minimum Gasteiger partial charge on any atom is -0.438 e. The Balaban J connectivity index is 1.63. The second kappa shape index (κ2) is 8.92. The first-order valence-electron chi connectivity index (χ1n) is 11.3. The van der Waals surface area contributed by atoms with E-state index in [-0.39, 0.29) is 6.42 Å². The highest BCUT2D eigenvalue weighted by Crippen LogP contribution is 2.43. The maximum Gasteiger partial charge on any atom is 0.219 e. The summed E-state index contributed by atoms with van der Waals surface area (Å²) < 4.78 is 23.4. The Morgan fingerprint density at radius 2 is 2.03 bits per heavy atom. The monoisotopic (exact) mass is 472 g/mol. The molecular formula is C26H25FN6O2. The van der Waals surface area contributed by atoms with E-state index in [4.69, 9.17) is 10.5 Å². The number of ether oxygens (including phenoxy) is 1. The molecule has 1 aliphatic heterocycles. The number of fused-ring (bicyclic) bond motifs is 1. The lowest BCUT2D eigenvalue weighted by Gasteiger charge is -2.29. The van der Waals surface area contributed by atoms with Crippen LogP contribution in [-0.4, -0.2) is 43.0 Å². The van der Waals surface area contributed by atoms with E-state index >= 15 is 4.39 Å².